The minimum absolute atomic E-state index is 0.00993. The molecule has 0 aliphatic carbocycles. The van der Waals surface area contributed by atoms with E-state index < -0.39 is 11.8 Å². The predicted octanol–water partition coefficient (Wildman–Crippen LogP) is 1.89. The SMILES string of the molecule is COc1cc(/C(C)=N/NC(=O)C(=O)Nc2ccccc2OC)ccc1O. The lowest BCUT2D eigenvalue weighted by atomic mass is 10.1. The van der Waals surface area contributed by atoms with Gasteiger partial charge in [0.1, 0.15) is 5.75 Å². The molecule has 0 saturated carbocycles. The quantitative estimate of drug-likeness (QED) is 0.430. The van der Waals surface area contributed by atoms with Gasteiger partial charge in [-0.25, -0.2) is 5.43 Å². The Morgan fingerprint density at radius 1 is 1.00 bits per heavy atom. The van der Waals surface area contributed by atoms with Crippen molar-refractivity contribution >= 4 is 23.2 Å². The van der Waals surface area contributed by atoms with E-state index in [0.29, 0.717) is 22.7 Å². The van der Waals surface area contributed by atoms with Crippen LogP contribution >= 0.6 is 0 Å². The third kappa shape index (κ3) is 4.50. The standard InChI is InChI=1S/C18H19N3O5/c1-11(12-8-9-14(22)16(10-12)26-3)20-21-18(24)17(23)19-13-6-4-5-7-15(13)25-2/h4-10,22H,1-3H3,(H,19,23)(H,21,24)/b20-11+. The molecule has 0 saturated heterocycles. The number of hydrazone groups is 1. The van der Waals surface area contributed by atoms with Crippen molar-refractivity contribution in [3.05, 3.63) is 48.0 Å². The lowest BCUT2D eigenvalue weighted by Gasteiger charge is -2.09. The average molecular weight is 357 g/mol. The Bertz CT molecular complexity index is 848. The van der Waals surface area contributed by atoms with E-state index in [-0.39, 0.29) is 11.5 Å². The Kier molecular flexibility index (Phi) is 6.15. The van der Waals surface area contributed by atoms with Crippen LogP contribution in [0.1, 0.15) is 12.5 Å². The second-order valence-electron chi connectivity index (χ2n) is 5.18. The molecular weight excluding hydrogens is 338 g/mol. The van der Waals surface area contributed by atoms with Gasteiger partial charge in [-0.1, -0.05) is 12.1 Å². The van der Waals surface area contributed by atoms with Crippen LogP contribution in [0, 0.1) is 0 Å². The number of anilines is 1. The highest BCUT2D eigenvalue weighted by Crippen LogP contribution is 2.26. The molecule has 0 atom stereocenters. The molecule has 0 aliphatic heterocycles. The van der Waals surface area contributed by atoms with E-state index in [4.69, 9.17) is 9.47 Å². The van der Waals surface area contributed by atoms with Gasteiger partial charge >= 0.3 is 11.8 Å². The molecule has 0 aromatic heterocycles. The number of nitrogens with one attached hydrogen (secondary N) is 2. The molecule has 2 amide bonds. The number of carbonyl (C=O) groups excluding carboxylic acids is 2. The van der Waals surface area contributed by atoms with Crippen molar-refractivity contribution in [2.45, 2.75) is 6.92 Å². The molecule has 2 aromatic carbocycles. The highest BCUT2D eigenvalue weighted by atomic mass is 16.5. The Hall–Kier alpha value is -3.55. The normalized spacial score (nSPS) is 10.8. The first-order valence-corrected chi connectivity index (χ1v) is 7.62. The molecule has 3 N–H and O–H groups in total. The summed E-state index contributed by atoms with van der Waals surface area (Å²) in [6.07, 6.45) is 0. The van der Waals surface area contributed by atoms with Gasteiger partial charge in [0.25, 0.3) is 0 Å². The van der Waals surface area contributed by atoms with E-state index in [0.717, 1.165) is 0 Å². The number of hydrogen-bond acceptors (Lipinski definition) is 6. The fourth-order valence-electron chi connectivity index (χ4n) is 2.08. The minimum Gasteiger partial charge on any atom is -0.504 e. The van der Waals surface area contributed by atoms with Crippen molar-refractivity contribution in [1.82, 2.24) is 5.43 Å². The van der Waals surface area contributed by atoms with Crippen LogP contribution in [0.2, 0.25) is 0 Å². The summed E-state index contributed by atoms with van der Waals surface area (Å²) in [4.78, 5) is 23.9. The third-order valence-electron chi connectivity index (χ3n) is 3.48. The monoisotopic (exact) mass is 357 g/mol. The summed E-state index contributed by atoms with van der Waals surface area (Å²) in [5, 5.41) is 15.9. The number of carbonyl (C=O) groups is 2. The van der Waals surface area contributed by atoms with Crippen molar-refractivity contribution in [1.29, 1.82) is 0 Å². The summed E-state index contributed by atoms with van der Waals surface area (Å²) < 4.78 is 10.1. The molecular formula is C18H19N3O5. The molecule has 0 bridgehead atoms. The molecule has 0 fully saturated rings. The first-order valence-electron chi connectivity index (χ1n) is 7.62. The average Bonchev–Trinajstić information content (AvgIpc) is 2.66. The smallest absolute Gasteiger partial charge is 0.329 e. The minimum atomic E-state index is -0.930. The lowest BCUT2D eigenvalue weighted by Crippen LogP contribution is -2.33. The van der Waals surface area contributed by atoms with Gasteiger partial charge in [-0.3, -0.25) is 9.59 Å². The molecule has 2 aromatic rings. The molecule has 0 radical (unpaired) electrons. The Morgan fingerprint density at radius 2 is 1.69 bits per heavy atom. The van der Waals surface area contributed by atoms with Crippen molar-refractivity contribution < 1.29 is 24.2 Å². The van der Waals surface area contributed by atoms with Gasteiger partial charge in [-0.2, -0.15) is 5.10 Å². The summed E-state index contributed by atoms with van der Waals surface area (Å²) in [7, 11) is 2.89. The van der Waals surface area contributed by atoms with Crippen LogP contribution in [0.4, 0.5) is 5.69 Å². The highest BCUT2D eigenvalue weighted by molar-refractivity contribution is 6.39. The van der Waals surface area contributed by atoms with Crippen molar-refractivity contribution in [2.24, 2.45) is 5.10 Å². The van der Waals surface area contributed by atoms with Crippen LogP contribution < -0.4 is 20.2 Å². The fourth-order valence-corrected chi connectivity index (χ4v) is 2.08. The number of hydrogen-bond donors (Lipinski definition) is 3. The molecule has 8 heteroatoms. The maximum atomic E-state index is 12.0. The zero-order valence-corrected chi connectivity index (χ0v) is 14.6. The summed E-state index contributed by atoms with van der Waals surface area (Å²) in [5.74, 6) is -1.11. The highest BCUT2D eigenvalue weighted by Gasteiger charge is 2.15. The number of nitrogens with zero attached hydrogens (tertiary/aromatic N) is 1. The van der Waals surface area contributed by atoms with Gasteiger partial charge in [0, 0.05) is 5.56 Å². The fraction of sp³-hybridized carbons (Fsp3) is 0.167. The second-order valence-corrected chi connectivity index (χ2v) is 5.18. The van der Waals surface area contributed by atoms with E-state index >= 15 is 0 Å². The molecule has 0 unspecified atom stereocenters. The number of phenols is 1. The van der Waals surface area contributed by atoms with Gasteiger partial charge in [-0.15, -0.1) is 0 Å². The molecule has 2 rings (SSSR count). The van der Waals surface area contributed by atoms with Crippen LogP contribution in [-0.2, 0) is 9.59 Å². The van der Waals surface area contributed by atoms with Crippen LogP contribution in [0.15, 0.2) is 47.6 Å². The number of phenolic OH excluding ortho intramolecular Hbond substituents is 1. The van der Waals surface area contributed by atoms with E-state index in [1.807, 2.05) is 0 Å². The Labute approximate surface area is 150 Å². The zero-order chi connectivity index (χ0) is 19.1. The second kappa shape index (κ2) is 8.52. The van der Waals surface area contributed by atoms with Gasteiger partial charge < -0.3 is 19.9 Å². The van der Waals surface area contributed by atoms with Crippen molar-refractivity contribution in [2.75, 3.05) is 19.5 Å². The number of aromatic hydroxyl groups is 1. The predicted molar refractivity (Wildman–Crippen MR) is 96.6 cm³/mol. The van der Waals surface area contributed by atoms with Crippen molar-refractivity contribution in [3.63, 3.8) is 0 Å². The number of amides is 2. The molecule has 0 aliphatic rings. The Morgan fingerprint density at radius 3 is 2.38 bits per heavy atom. The topological polar surface area (TPSA) is 109 Å². The molecule has 0 heterocycles. The first kappa shape index (κ1) is 18.8. The third-order valence-corrected chi connectivity index (χ3v) is 3.48. The van der Waals surface area contributed by atoms with Crippen molar-refractivity contribution in [3.8, 4) is 17.2 Å². The molecule has 0 spiro atoms. The number of rotatable bonds is 5. The van der Waals surface area contributed by atoms with Crippen LogP contribution in [0.5, 0.6) is 17.2 Å². The number of methoxy groups -OCH3 is 2. The lowest BCUT2D eigenvalue weighted by molar-refractivity contribution is -0.136. The summed E-state index contributed by atoms with van der Waals surface area (Å²) in [5.41, 5.74) is 3.61. The van der Waals surface area contributed by atoms with Crippen LogP contribution in [0.3, 0.4) is 0 Å². The van der Waals surface area contributed by atoms with E-state index in [1.165, 1.54) is 20.3 Å². The maximum absolute atomic E-state index is 12.0. The van der Waals surface area contributed by atoms with E-state index in [2.05, 4.69) is 15.8 Å². The number of ether oxygens (including phenoxy) is 2. The van der Waals surface area contributed by atoms with E-state index in [1.54, 1.807) is 43.3 Å². The summed E-state index contributed by atoms with van der Waals surface area (Å²) in [6.45, 7) is 1.64. The van der Waals surface area contributed by atoms with Gasteiger partial charge in [0.15, 0.2) is 11.5 Å². The number of para-hydroxylation sites is 2. The van der Waals surface area contributed by atoms with Crippen LogP contribution in [-0.4, -0.2) is 36.9 Å². The first-order chi connectivity index (χ1) is 12.5. The summed E-state index contributed by atoms with van der Waals surface area (Å²) >= 11 is 0. The zero-order valence-electron chi connectivity index (χ0n) is 14.6. The van der Waals surface area contributed by atoms with Gasteiger partial charge in [0.05, 0.1) is 25.6 Å². The number of benzene rings is 2. The van der Waals surface area contributed by atoms with Gasteiger partial charge in [-0.05, 0) is 37.3 Å². The molecule has 136 valence electrons. The Balaban J connectivity index is 2.04. The molecule has 8 nitrogen and oxygen atoms in total. The van der Waals surface area contributed by atoms with Crippen LogP contribution in [0.25, 0.3) is 0 Å². The van der Waals surface area contributed by atoms with Gasteiger partial charge in [0.2, 0.25) is 0 Å². The maximum Gasteiger partial charge on any atom is 0.329 e. The largest absolute Gasteiger partial charge is 0.504 e. The summed E-state index contributed by atoms with van der Waals surface area (Å²) in [6, 6.07) is 11.3. The molecule has 26 heavy (non-hydrogen) atoms. The van der Waals surface area contributed by atoms with E-state index in [9.17, 15) is 14.7 Å².